The van der Waals surface area contributed by atoms with Gasteiger partial charge in [0.15, 0.2) is 5.82 Å². The molecule has 0 aliphatic rings. The van der Waals surface area contributed by atoms with Crippen LogP contribution in [0.25, 0.3) is 0 Å². The molecule has 2 aromatic rings. The highest BCUT2D eigenvalue weighted by molar-refractivity contribution is 7.89. The van der Waals surface area contributed by atoms with Crippen molar-refractivity contribution in [2.45, 2.75) is 18.4 Å². The zero-order valence-electron chi connectivity index (χ0n) is 10.7. The van der Waals surface area contributed by atoms with E-state index in [4.69, 9.17) is 5.73 Å². The monoisotopic (exact) mass is 284 g/mol. The molecule has 104 valence electrons. The molecule has 2 rings (SSSR count). The van der Waals surface area contributed by atoms with Crippen LogP contribution >= 0.6 is 0 Å². The molecule has 0 unspecified atom stereocenters. The van der Waals surface area contributed by atoms with Gasteiger partial charge in [0, 0.05) is 26.0 Å². The molecule has 9 heteroatoms. The summed E-state index contributed by atoms with van der Waals surface area (Å²) in [5, 5.41) is 7.88. The van der Waals surface area contributed by atoms with Crippen molar-refractivity contribution in [2.24, 2.45) is 7.05 Å². The molecule has 0 saturated carbocycles. The van der Waals surface area contributed by atoms with Crippen molar-refractivity contribution in [1.29, 1.82) is 0 Å². The van der Waals surface area contributed by atoms with Crippen LogP contribution in [0.4, 0.5) is 5.82 Å². The Bertz CT molecular complexity index is 672. The van der Waals surface area contributed by atoms with Crippen LogP contribution in [-0.2, 0) is 23.6 Å². The van der Waals surface area contributed by atoms with E-state index in [9.17, 15) is 8.42 Å². The lowest BCUT2D eigenvalue weighted by Gasteiger charge is -2.05. The fourth-order valence-electron chi connectivity index (χ4n) is 1.65. The van der Waals surface area contributed by atoms with Gasteiger partial charge in [-0.1, -0.05) is 0 Å². The third-order valence-electron chi connectivity index (χ3n) is 2.51. The highest BCUT2D eigenvalue weighted by Gasteiger charge is 2.19. The van der Waals surface area contributed by atoms with Gasteiger partial charge in [0.1, 0.15) is 4.90 Å². The van der Waals surface area contributed by atoms with Crippen molar-refractivity contribution in [3.63, 3.8) is 0 Å². The lowest BCUT2D eigenvalue weighted by atomic mass is 10.4. The largest absolute Gasteiger partial charge is 0.381 e. The third-order valence-corrected chi connectivity index (χ3v) is 3.98. The third kappa shape index (κ3) is 3.12. The smallest absolute Gasteiger partial charge is 0.245 e. The molecule has 8 nitrogen and oxygen atoms in total. The van der Waals surface area contributed by atoms with Crippen LogP contribution in [0.3, 0.4) is 0 Å². The second kappa shape index (κ2) is 5.02. The first-order chi connectivity index (χ1) is 8.88. The van der Waals surface area contributed by atoms with Gasteiger partial charge in [-0.2, -0.15) is 10.2 Å². The van der Waals surface area contributed by atoms with E-state index in [1.165, 1.54) is 10.9 Å². The second-order valence-corrected chi connectivity index (χ2v) is 5.97. The predicted octanol–water partition coefficient (Wildman–Crippen LogP) is -0.514. The van der Waals surface area contributed by atoms with Crippen molar-refractivity contribution in [1.82, 2.24) is 24.3 Å². The molecule has 0 aliphatic heterocycles. The molecule has 0 amide bonds. The predicted molar refractivity (Wildman–Crippen MR) is 69.8 cm³/mol. The van der Waals surface area contributed by atoms with E-state index < -0.39 is 10.0 Å². The quantitative estimate of drug-likeness (QED) is 0.768. The SMILES string of the molecule is Cc1cnn(CCNS(=O)(=O)c2cn(C)nc2N)c1. The Morgan fingerprint density at radius 2 is 2.16 bits per heavy atom. The van der Waals surface area contributed by atoms with E-state index >= 15 is 0 Å². The molecule has 2 aromatic heterocycles. The first kappa shape index (κ1) is 13.6. The standard InChI is InChI=1S/C10H16N6O2S/c1-8-5-12-16(6-8)4-3-13-19(17,18)9-7-15(2)14-10(9)11/h5-7,13H,3-4H2,1-2H3,(H2,11,14). The first-order valence-corrected chi connectivity index (χ1v) is 7.14. The number of hydrogen-bond acceptors (Lipinski definition) is 5. The van der Waals surface area contributed by atoms with Gasteiger partial charge in [-0.05, 0) is 12.5 Å². The summed E-state index contributed by atoms with van der Waals surface area (Å²) in [5.41, 5.74) is 6.57. The van der Waals surface area contributed by atoms with E-state index in [0.717, 1.165) is 5.56 Å². The Morgan fingerprint density at radius 3 is 2.68 bits per heavy atom. The summed E-state index contributed by atoms with van der Waals surface area (Å²) in [4.78, 5) is -0.00774. The van der Waals surface area contributed by atoms with Crippen LogP contribution in [0.2, 0.25) is 0 Å². The number of hydrogen-bond donors (Lipinski definition) is 2. The van der Waals surface area contributed by atoms with E-state index in [2.05, 4.69) is 14.9 Å². The van der Waals surface area contributed by atoms with Gasteiger partial charge >= 0.3 is 0 Å². The molecule has 0 bridgehead atoms. The number of nitrogens with one attached hydrogen (secondary N) is 1. The number of nitrogen functional groups attached to an aromatic ring is 1. The Labute approximate surface area is 111 Å². The van der Waals surface area contributed by atoms with Crippen LogP contribution < -0.4 is 10.5 Å². The Kier molecular flexibility index (Phi) is 3.58. The van der Waals surface area contributed by atoms with Gasteiger partial charge in [-0.15, -0.1) is 0 Å². The van der Waals surface area contributed by atoms with E-state index in [0.29, 0.717) is 6.54 Å². The molecule has 0 aromatic carbocycles. The van der Waals surface area contributed by atoms with Crippen molar-refractivity contribution in [2.75, 3.05) is 12.3 Å². The summed E-state index contributed by atoms with van der Waals surface area (Å²) in [7, 11) is -2.02. The minimum Gasteiger partial charge on any atom is -0.381 e. The Morgan fingerprint density at radius 1 is 1.42 bits per heavy atom. The number of anilines is 1. The Hall–Kier alpha value is -1.87. The van der Waals surface area contributed by atoms with Gasteiger partial charge in [0.05, 0.1) is 12.7 Å². The average Bonchev–Trinajstić information content (AvgIpc) is 2.85. The fourth-order valence-corrected chi connectivity index (χ4v) is 2.78. The zero-order chi connectivity index (χ0) is 14.0. The maximum atomic E-state index is 12.0. The first-order valence-electron chi connectivity index (χ1n) is 5.66. The van der Waals surface area contributed by atoms with Crippen molar-refractivity contribution < 1.29 is 8.42 Å². The summed E-state index contributed by atoms with van der Waals surface area (Å²) in [6.45, 7) is 2.61. The van der Waals surface area contributed by atoms with Crippen molar-refractivity contribution in [3.05, 3.63) is 24.2 Å². The summed E-state index contributed by atoms with van der Waals surface area (Å²) in [6.07, 6.45) is 4.93. The number of aryl methyl sites for hydroxylation is 2. The number of aromatic nitrogens is 4. The summed E-state index contributed by atoms with van der Waals surface area (Å²) >= 11 is 0. The van der Waals surface area contributed by atoms with E-state index in [1.807, 2.05) is 13.1 Å². The highest BCUT2D eigenvalue weighted by atomic mass is 32.2. The highest BCUT2D eigenvalue weighted by Crippen LogP contribution is 2.14. The van der Waals surface area contributed by atoms with Crippen LogP contribution in [0.15, 0.2) is 23.5 Å². The van der Waals surface area contributed by atoms with Crippen LogP contribution in [0, 0.1) is 6.92 Å². The van der Waals surface area contributed by atoms with Gasteiger partial charge in [-0.25, -0.2) is 13.1 Å². The maximum absolute atomic E-state index is 12.0. The lowest BCUT2D eigenvalue weighted by molar-refractivity contribution is 0.561. The average molecular weight is 284 g/mol. The van der Waals surface area contributed by atoms with Crippen molar-refractivity contribution in [3.8, 4) is 0 Å². The molecule has 0 fully saturated rings. The van der Waals surface area contributed by atoms with Crippen molar-refractivity contribution >= 4 is 15.8 Å². The van der Waals surface area contributed by atoms with Crippen LogP contribution in [0.1, 0.15) is 5.56 Å². The summed E-state index contributed by atoms with van der Waals surface area (Å²) in [6, 6.07) is 0. The molecule has 19 heavy (non-hydrogen) atoms. The number of rotatable bonds is 5. The molecule has 0 saturated heterocycles. The zero-order valence-corrected chi connectivity index (χ0v) is 11.6. The number of sulfonamides is 1. The molecule has 0 aliphatic carbocycles. The second-order valence-electron chi connectivity index (χ2n) is 4.23. The molecule has 3 N–H and O–H groups in total. The van der Waals surface area contributed by atoms with Gasteiger partial charge in [0.25, 0.3) is 0 Å². The maximum Gasteiger partial charge on any atom is 0.245 e. The minimum atomic E-state index is -3.63. The molecular formula is C10H16N6O2S. The van der Waals surface area contributed by atoms with E-state index in [1.54, 1.807) is 17.9 Å². The molecular weight excluding hydrogens is 268 g/mol. The number of nitrogens with zero attached hydrogens (tertiary/aromatic N) is 4. The fraction of sp³-hybridized carbons (Fsp3) is 0.400. The molecule has 0 atom stereocenters. The molecule has 0 spiro atoms. The minimum absolute atomic E-state index is 0.00774. The molecule has 2 heterocycles. The summed E-state index contributed by atoms with van der Waals surface area (Å²) < 4.78 is 29.5. The van der Waals surface area contributed by atoms with Gasteiger partial charge < -0.3 is 5.73 Å². The normalized spacial score (nSPS) is 11.9. The Balaban J connectivity index is 2.00. The van der Waals surface area contributed by atoms with Gasteiger partial charge in [0.2, 0.25) is 10.0 Å². The summed E-state index contributed by atoms with van der Waals surface area (Å²) in [5.74, 6) is -0.00932. The van der Waals surface area contributed by atoms with Crippen LogP contribution in [-0.4, -0.2) is 34.5 Å². The van der Waals surface area contributed by atoms with Gasteiger partial charge in [-0.3, -0.25) is 9.36 Å². The van der Waals surface area contributed by atoms with Crippen LogP contribution in [0.5, 0.6) is 0 Å². The topological polar surface area (TPSA) is 108 Å². The number of nitrogens with two attached hydrogens (primary N) is 1. The molecule has 0 radical (unpaired) electrons. The van der Waals surface area contributed by atoms with E-state index in [-0.39, 0.29) is 17.3 Å². The lowest BCUT2D eigenvalue weighted by Crippen LogP contribution is -2.27.